The highest BCUT2D eigenvalue weighted by Gasteiger charge is 2.38. The van der Waals surface area contributed by atoms with Crippen molar-refractivity contribution in [3.8, 4) is 0 Å². The van der Waals surface area contributed by atoms with E-state index in [-0.39, 0.29) is 18.5 Å². The monoisotopic (exact) mass is 348 g/mol. The number of amides is 1. The number of aliphatic carboxylic acids is 1. The van der Waals surface area contributed by atoms with Crippen molar-refractivity contribution >= 4 is 24.5 Å². The summed E-state index contributed by atoms with van der Waals surface area (Å²) in [6.45, 7) is 3.25. The summed E-state index contributed by atoms with van der Waals surface area (Å²) >= 11 is 0. The Morgan fingerprint density at radius 3 is 2.35 bits per heavy atom. The van der Waals surface area contributed by atoms with Crippen molar-refractivity contribution in [2.45, 2.75) is 69.9 Å². The molecule has 1 atom stereocenters. The highest BCUT2D eigenvalue weighted by Crippen LogP contribution is 2.31. The van der Waals surface area contributed by atoms with Gasteiger partial charge in [0.2, 0.25) is 0 Å². The van der Waals surface area contributed by atoms with Gasteiger partial charge in [-0.2, -0.15) is 0 Å². The van der Waals surface area contributed by atoms with E-state index < -0.39 is 17.6 Å². The fourth-order valence-electron chi connectivity index (χ4n) is 3.48. The number of rotatable bonds is 5. The number of ether oxygens (including phenoxy) is 1. The van der Waals surface area contributed by atoms with Crippen molar-refractivity contribution in [3.05, 3.63) is 0 Å². The van der Waals surface area contributed by atoms with Crippen LogP contribution in [0.1, 0.15) is 58.3 Å². The number of carbonyl (C=O) groups excluding carboxylic acids is 1. The predicted octanol–water partition coefficient (Wildman–Crippen LogP) is 2.70. The van der Waals surface area contributed by atoms with Crippen LogP contribution in [0, 0.1) is 5.92 Å². The number of carboxylic acids is 1. The van der Waals surface area contributed by atoms with E-state index in [1.807, 2.05) is 0 Å². The molecule has 0 aromatic carbocycles. The van der Waals surface area contributed by atoms with Gasteiger partial charge in [-0.25, -0.2) is 9.59 Å². The van der Waals surface area contributed by atoms with Gasteiger partial charge in [-0.05, 0) is 45.2 Å². The standard InChI is InChI=1S/C16H28N2O4.ClH/c1-16(14(19)20,11-12-5-3-2-4-6-12)18-15(21)22-13-7-9-17-10-8-13;/h12-13,17H,2-11H2,1H3,(H,18,21)(H,19,20);1H/t16-;/m0./s1. The number of hydrogen-bond acceptors (Lipinski definition) is 4. The maximum atomic E-state index is 12.1. The maximum absolute atomic E-state index is 12.1. The number of carboxylic acid groups (broad SMARTS) is 1. The van der Waals surface area contributed by atoms with Crippen LogP contribution in [0.2, 0.25) is 0 Å². The molecule has 2 aliphatic rings. The Balaban J connectivity index is 0.00000264. The van der Waals surface area contributed by atoms with E-state index in [0.717, 1.165) is 51.6 Å². The summed E-state index contributed by atoms with van der Waals surface area (Å²) in [6.07, 6.45) is 6.94. The van der Waals surface area contributed by atoms with E-state index in [1.165, 1.54) is 6.42 Å². The molecule has 1 saturated heterocycles. The molecule has 2 fully saturated rings. The molecule has 3 N–H and O–H groups in total. The third-order valence-electron chi connectivity index (χ3n) is 4.83. The smallest absolute Gasteiger partial charge is 0.408 e. The lowest BCUT2D eigenvalue weighted by Gasteiger charge is -2.33. The lowest BCUT2D eigenvalue weighted by atomic mass is 9.80. The van der Waals surface area contributed by atoms with Crippen molar-refractivity contribution < 1.29 is 19.4 Å². The van der Waals surface area contributed by atoms with Crippen molar-refractivity contribution in [2.75, 3.05) is 13.1 Å². The Bertz CT molecular complexity index is 396. The largest absolute Gasteiger partial charge is 0.480 e. The Kier molecular flexibility index (Phi) is 8.12. The quantitative estimate of drug-likeness (QED) is 0.711. The summed E-state index contributed by atoms with van der Waals surface area (Å²) in [6, 6.07) is 0. The predicted molar refractivity (Wildman–Crippen MR) is 90.0 cm³/mol. The zero-order valence-electron chi connectivity index (χ0n) is 13.8. The summed E-state index contributed by atoms with van der Waals surface area (Å²) in [5.74, 6) is -0.616. The molecule has 0 bridgehead atoms. The topological polar surface area (TPSA) is 87.7 Å². The minimum Gasteiger partial charge on any atom is -0.480 e. The van der Waals surface area contributed by atoms with Gasteiger partial charge in [0.25, 0.3) is 0 Å². The molecule has 1 saturated carbocycles. The number of alkyl carbamates (subject to hydrolysis) is 1. The summed E-state index contributed by atoms with van der Waals surface area (Å²) < 4.78 is 5.37. The number of halogens is 1. The molecule has 1 heterocycles. The van der Waals surface area contributed by atoms with Crippen molar-refractivity contribution in [1.82, 2.24) is 10.6 Å². The van der Waals surface area contributed by atoms with E-state index in [0.29, 0.717) is 12.3 Å². The Hall–Kier alpha value is -1.01. The second-order valence-electron chi connectivity index (χ2n) is 6.83. The zero-order chi connectivity index (χ0) is 16.0. The first-order valence-corrected chi connectivity index (χ1v) is 8.42. The van der Waals surface area contributed by atoms with Crippen LogP contribution in [0.25, 0.3) is 0 Å². The molecule has 0 spiro atoms. The van der Waals surface area contributed by atoms with Gasteiger partial charge in [-0.15, -0.1) is 12.4 Å². The number of carbonyl (C=O) groups is 2. The highest BCUT2D eigenvalue weighted by atomic mass is 35.5. The fraction of sp³-hybridized carbons (Fsp3) is 0.875. The summed E-state index contributed by atoms with van der Waals surface area (Å²) in [7, 11) is 0. The van der Waals surface area contributed by atoms with Crippen LogP contribution >= 0.6 is 12.4 Å². The van der Waals surface area contributed by atoms with Crippen molar-refractivity contribution in [2.24, 2.45) is 5.92 Å². The van der Waals surface area contributed by atoms with Gasteiger partial charge in [0.1, 0.15) is 11.6 Å². The summed E-state index contributed by atoms with van der Waals surface area (Å²) in [5, 5.41) is 15.3. The number of hydrogen-bond donors (Lipinski definition) is 3. The van der Waals surface area contributed by atoms with Gasteiger partial charge in [0.05, 0.1) is 0 Å². The molecular formula is C16H29ClN2O4. The molecule has 1 aliphatic heterocycles. The third-order valence-corrected chi connectivity index (χ3v) is 4.83. The molecule has 134 valence electrons. The van der Waals surface area contributed by atoms with Crippen molar-refractivity contribution in [3.63, 3.8) is 0 Å². The minimum absolute atomic E-state index is 0. The lowest BCUT2D eigenvalue weighted by Crippen LogP contribution is -2.54. The molecule has 0 aromatic heterocycles. The second-order valence-corrected chi connectivity index (χ2v) is 6.83. The Morgan fingerprint density at radius 1 is 1.17 bits per heavy atom. The molecule has 7 heteroatoms. The Morgan fingerprint density at radius 2 is 1.78 bits per heavy atom. The second kappa shape index (κ2) is 9.33. The lowest BCUT2D eigenvalue weighted by molar-refractivity contribution is -0.145. The van der Waals surface area contributed by atoms with Crippen LogP contribution in [0.5, 0.6) is 0 Å². The van der Waals surface area contributed by atoms with Gasteiger partial charge in [-0.3, -0.25) is 0 Å². The molecule has 1 amide bonds. The Labute approximate surface area is 144 Å². The molecule has 2 rings (SSSR count). The van der Waals surface area contributed by atoms with Gasteiger partial charge < -0.3 is 20.5 Å². The van der Waals surface area contributed by atoms with Crippen molar-refractivity contribution in [1.29, 1.82) is 0 Å². The van der Waals surface area contributed by atoms with Crippen LogP contribution in [-0.4, -0.2) is 41.9 Å². The molecule has 0 unspecified atom stereocenters. The first-order chi connectivity index (χ1) is 10.5. The van der Waals surface area contributed by atoms with Gasteiger partial charge in [-0.1, -0.05) is 32.1 Å². The number of nitrogens with one attached hydrogen (secondary N) is 2. The van der Waals surface area contributed by atoms with Crippen LogP contribution in [0.4, 0.5) is 4.79 Å². The normalized spacial score (nSPS) is 22.5. The SMILES string of the molecule is C[C@@](CC1CCCCC1)(NC(=O)OC1CCNCC1)C(=O)O.Cl. The first-order valence-electron chi connectivity index (χ1n) is 8.42. The molecular weight excluding hydrogens is 320 g/mol. The van der Waals surface area contributed by atoms with E-state index in [9.17, 15) is 14.7 Å². The fourth-order valence-corrected chi connectivity index (χ4v) is 3.48. The van der Waals surface area contributed by atoms with E-state index >= 15 is 0 Å². The van der Waals surface area contributed by atoms with Crippen LogP contribution in [0.3, 0.4) is 0 Å². The molecule has 1 aliphatic carbocycles. The zero-order valence-corrected chi connectivity index (χ0v) is 14.6. The number of piperidine rings is 1. The van der Waals surface area contributed by atoms with Crippen LogP contribution in [0.15, 0.2) is 0 Å². The minimum atomic E-state index is -1.24. The average molecular weight is 349 g/mol. The van der Waals surface area contributed by atoms with Crippen LogP contribution in [-0.2, 0) is 9.53 Å². The maximum Gasteiger partial charge on any atom is 0.408 e. The first kappa shape index (κ1) is 20.0. The van der Waals surface area contributed by atoms with Gasteiger partial charge in [0.15, 0.2) is 0 Å². The molecule has 23 heavy (non-hydrogen) atoms. The van der Waals surface area contributed by atoms with Gasteiger partial charge in [0, 0.05) is 0 Å². The average Bonchev–Trinajstić information content (AvgIpc) is 2.48. The van der Waals surface area contributed by atoms with E-state index in [1.54, 1.807) is 6.92 Å². The molecule has 0 radical (unpaired) electrons. The summed E-state index contributed by atoms with van der Waals surface area (Å²) in [5.41, 5.74) is -1.24. The summed E-state index contributed by atoms with van der Waals surface area (Å²) in [4.78, 5) is 23.7. The van der Waals surface area contributed by atoms with Gasteiger partial charge >= 0.3 is 12.1 Å². The van der Waals surface area contributed by atoms with Crippen LogP contribution < -0.4 is 10.6 Å². The highest BCUT2D eigenvalue weighted by molar-refractivity contribution is 5.85. The molecule has 0 aromatic rings. The van der Waals surface area contributed by atoms with E-state index in [2.05, 4.69) is 10.6 Å². The van der Waals surface area contributed by atoms with E-state index in [4.69, 9.17) is 4.74 Å². The third kappa shape index (κ3) is 6.18. The molecule has 6 nitrogen and oxygen atoms in total.